The van der Waals surface area contributed by atoms with E-state index >= 15 is 0 Å². The van der Waals surface area contributed by atoms with Gasteiger partial charge in [-0.05, 0) is 41.2 Å². The summed E-state index contributed by atoms with van der Waals surface area (Å²) in [4.78, 5) is 23.5. The number of anilines is 2. The van der Waals surface area contributed by atoms with Gasteiger partial charge in [0, 0.05) is 31.7 Å². The normalized spacial score (nSPS) is 20.7. The minimum Gasteiger partial charge on any atom is -0.404 e. The molecule has 4 rings (SSSR count). The van der Waals surface area contributed by atoms with Gasteiger partial charge in [-0.3, -0.25) is 4.79 Å². The monoisotopic (exact) mass is 409 g/mol. The molecule has 158 valence electrons. The number of ether oxygens (including phenoxy) is 1. The first-order valence-electron chi connectivity index (χ1n) is 10.1. The summed E-state index contributed by atoms with van der Waals surface area (Å²) in [5.74, 6) is -0.112. The first-order chi connectivity index (χ1) is 14.4. The largest absolute Gasteiger partial charge is 0.404 e. The Bertz CT molecular complexity index is 968. The minimum atomic E-state index is -0.547. The van der Waals surface area contributed by atoms with Gasteiger partial charge in [0.2, 0.25) is 0 Å². The molecule has 2 aliphatic rings. The molecule has 2 heterocycles. The number of nitrogens with zero attached hydrogens (tertiary/aromatic N) is 3. The summed E-state index contributed by atoms with van der Waals surface area (Å²) in [6, 6.07) is 5.65. The van der Waals surface area contributed by atoms with Crippen molar-refractivity contribution in [3.8, 4) is 0 Å². The third kappa shape index (κ3) is 3.76. The zero-order valence-electron chi connectivity index (χ0n) is 17.3. The summed E-state index contributed by atoms with van der Waals surface area (Å²) in [6.07, 6.45) is 4.54. The minimum absolute atomic E-state index is 0.199. The van der Waals surface area contributed by atoms with E-state index in [4.69, 9.17) is 10.5 Å². The summed E-state index contributed by atoms with van der Waals surface area (Å²) in [5.41, 5.74) is 9.17. The number of hydrogen-bond acceptors (Lipinski definition) is 7. The number of hydrogen-bond donors (Lipinski definition) is 3. The van der Waals surface area contributed by atoms with Crippen molar-refractivity contribution in [3.05, 3.63) is 53.7 Å². The molecule has 1 aliphatic heterocycles. The van der Waals surface area contributed by atoms with Crippen LogP contribution in [0.3, 0.4) is 0 Å². The highest BCUT2D eigenvalue weighted by Crippen LogP contribution is 2.48. The Kier molecular flexibility index (Phi) is 5.44. The molecule has 1 aromatic carbocycles. The third-order valence-corrected chi connectivity index (χ3v) is 5.76. The van der Waals surface area contributed by atoms with E-state index in [0.29, 0.717) is 32.0 Å². The molecule has 0 spiro atoms. The lowest BCUT2D eigenvalue weighted by molar-refractivity contribution is -0.111. The second kappa shape index (κ2) is 8.04. The van der Waals surface area contributed by atoms with Crippen LogP contribution in [0.2, 0.25) is 0 Å². The Hall–Kier alpha value is -2.97. The molecule has 0 saturated carbocycles. The summed E-state index contributed by atoms with van der Waals surface area (Å²) >= 11 is 0. The molecule has 0 bridgehead atoms. The quantitative estimate of drug-likeness (QED) is 0.661. The molecule has 1 atom stereocenters. The van der Waals surface area contributed by atoms with Crippen LogP contribution >= 0.6 is 0 Å². The van der Waals surface area contributed by atoms with Crippen LogP contribution in [0.1, 0.15) is 36.9 Å². The smallest absolute Gasteiger partial charge is 0.261 e. The van der Waals surface area contributed by atoms with Crippen molar-refractivity contribution in [1.82, 2.24) is 9.97 Å². The van der Waals surface area contributed by atoms with Gasteiger partial charge in [0.15, 0.2) is 5.82 Å². The highest BCUT2D eigenvalue weighted by molar-refractivity contribution is 6.24. The van der Waals surface area contributed by atoms with Crippen molar-refractivity contribution >= 4 is 22.9 Å². The molecule has 1 amide bonds. The maximum absolute atomic E-state index is 13.0. The molecule has 0 radical (unpaired) electrons. The lowest BCUT2D eigenvalue weighted by atomic mass is 9.87. The van der Waals surface area contributed by atoms with Gasteiger partial charge in [-0.2, -0.15) is 0 Å². The topological polar surface area (TPSA) is 114 Å². The molecular weight excluding hydrogens is 382 g/mol. The number of rotatable bonds is 4. The average molecular weight is 409 g/mol. The average Bonchev–Trinajstić information content (AvgIpc) is 2.97. The molecule has 4 N–H and O–H groups in total. The van der Waals surface area contributed by atoms with Gasteiger partial charge in [0.05, 0.1) is 36.3 Å². The number of amides is 1. The predicted molar refractivity (Wildman–Crippen MR) is 115 cm³/mol. The first-order valence-corrected chi connectivity index (χ1v) is 10.1. The van der Waals surface area contributed by atoms with E-state index in [0.717, 1.165) is 23.2 Å². The molecule has 1 fully saturated rings. The summed E-state index contributed by atoms with van der Waals surface area (Å²) in [5, 5.41) is 13.8. The fourth-order valence-corrected chi connectivity index (χ4v) is 4.11. The van der Waals surface area contributed by atoms with Gasteiger partial charge >= 0.3 is 0 Å². The maximum atomic E-state index is 13.0. The van der Waals surface area contributed by atoms with E-state index in [9.17, 15) is 9.90 Å². The number of carbonyl (C=O) groups is 1. The zero-order chi connectivity index (χ0) is 21.3. The summed E-state index contributed by atoms with van der Waals surface area (Å²) < 4.78 is 5.48. The van der Waals surface area contributed by atoms with E-state index in [1.807, 2.05) is 26.0 Å². The van der Waals surface area contributed by atoms with Crippen molar-refractivity contribution in [2.45, 2.75) is 26.4 Å². The van der Waals surface area contributed by atoms with Crippen molar-refractivity contribution < 1.29 is 14.6 Å². The lowest BCUT2D eigenvalue weighted by Crippen LogP contribution is -2.37. The molecule has 8 nitrogen and oxygen atoms in total. The van der Waals surface area contributed by atoms with Crippen LogP contribution in [-0.2, 0) is 16.0 Å². The number of aliphatic hydroxyl groups is 1. The molecule has 0 unspecified atom stereocenters. The van der Waals surface area contributed by atoms with Crippen LogP contribution in [0.25, 0.3) is 5.57 Å². The molecule has 1 aliphatic carbocycles. The van der Waals surface area contributed by atoms with Crippen LogP contribution in [0.4, 0.5) is 11.4 Å². The SMILES string of the molecule is CC1(C)Cc2cc(NC(=O)C(=CN)c3ncccn3)c(N3CCOCC3)cc2[C@@H]1O. The van der Waals surface area contributed by atoms with Crippen molar-refractivity contribution in [2.24, 2.45) is 11.1 Å². The van der Waals surface area contributed by atoms with Gasteiger partial charge in [0.1, 0.15) is 0 Å². The third-order valence-electron chi connectivity index (χ3n) is 5.76. The number of fused-ring (bicyclic) bond motifs is 1. The number of nitrogens with one attached hydrogen (secondary N) is 1. The van der Waals surface area contributed by atoms with E-state index < -0.39 is 6.10 Å². The van der Waals surface area contributed by atoms with Gasteiger partial charge in [-0.15, -0.1) is 0 Å². The Morgan fingerprint density at radius 1 is 1.30 bits per heavy atom. The van der Waals surface area contributed by atoms with E-state index in [-0.39, 0.29) is 22.7 Å². The molecule has 2 aromatic rings. The Morgan fingerprint density at radius 3 is 2.67 bits per heavy atom. The number of nitrogens with two attached hydrogens (primary N) is 1. The van der Waals surface area contributed by atoms with E-state index in [2.05, 4.69) is 20.2 Å². The van der Waals surface area contributed by atoms with E-state index in [1.165, 1.54) is 6.20 Å². The fourth-order valence-electron chi connectivity index (χ4n) is 4.11. The second-order valence-electron chi connectivity index (χ2n) is 8.34. The number of carbonyl (C=O) groups excluding carboxylic acids is 1. The number of morpholine rings is 1. The Morgan fingerprint density at radius 2 is 2.00 bits per heavy atom. The molecular formula is C22H27N5O3. The fraction of sp³-hybridized carbons (Fsp3) is 0.409. The van der Waals surface area contributed by atoms with Crippen LogP contribution in [0.5, 0.6) is 0 Å². The molecule has 30 heavy (non-hydrogen) atoms. The van der Waals surface area contributed by atoms with E-state index in [1.54, 1.807) is 18.5 Å². The van der Waals surface area contributed by atoms with Gasteiger partial charge in [-0.1, -0.05) is 13.8 Å². The predicted octanol–water partition coefficient (Wildman–Crippen LogP) is 1.87. The standard InChI is InChI=1S/C22H27N5O3/c1-22(2)12-14-10-17(26-21(29)16(13-23)20-24-4-3-5-25-20)18(11-15(14)19(22)28)27-6-8-30-9-7-27/h3-5,10-11,13,19,28H,6-9,12,23H2,1-2H3,(H,26,29)/t19-/m0/s1. The number of aliphatic hydroxyl groups excluding tert-OH is 1. The first kappa shape index (κ1) is 20.3. The van der Waals surface area contributed by atoms with Crippen LogP contribution in [-0.4, -0.2) is 47.3 Å². The zero-order valence-corrected chi connectivity index (χ0v) is 17.3. The summed E-state index contributed by atoms with van der Waals surface area (Å²) in [6.45, 7) is 6.75. The number of aromatic nitrogens is 2. The van der Waals surface area contributed by atoms with Gasteiger partial charge in [-0.25, -0.2) is 9.97 Å². The van der Waals surface area contributed by atoms with Gasteiger partial charge in [0.25, 0.3) is 5.91 Å². The molecule has 8 heteroatoms. The van der Waals surface area contributed by atoms with Gasteiger partial charge < -0.3 is 25.8 Å². The Labute approximate surface area is 175 Å². The van der Waals surface area contributed by atoms with Crippen molar-refractivity contribution in [1.29, 1.82) is 0 Å². The van der Waals surface area contributed by atoms with Crippen molar-refractivity contribution in [3.63, 3.8) is 0 Å². The van der Waals surface area contributed by atoms with Crippen LogP contribution in [0, 0.1) is 5.41 Å². The highest BCUT2D eigenvalue weighted by atomic mass is 16.5. The second-order valence-corrected chi connectivity index (χ2v) is 8.34. The lowest BCUT2D eigenvalue weighted by Gasteiger charge is -2.31. The van der Waals surface area contributed by atoms with Crippen LogP contribution < -0.4 is 16.0 Å². The summed E-state index contributed by atoms with van der Waals surface area (Å²) in [7, 11) is 0. The molecule has 1 aromatic heterocycles. The van der Waals surface area contributed by atoms with Crippen molar-refractivity contribution in [2.75, 3.05) is 36.5 Å². The highest BCUT2D eigenvalue weighted by Gasteiger charge is 2.39. The van der Waals surface area contributed by atoms with Crippen LogP contribution in [0.15, 0.2) is 36.8 Å². The maximum Gasteiger partial charge on any atom is 0.261 e. The Balaban J connectivity index is 1.70. The number of benzene rings is 1. The molecule has 1 saturated heterocycles.